The van der Waals surface area contributed by atoms with Crippen LogP contribution in [0.4, 0.5) is 10.1 Å². The second-order valence-electron chi connectivity index (χ2n) is 6.52. The molecule has 25 heavy (non-hydrogen) atoms. The van der Waals surface area contributed by atoms with Crippen LogP contribution in [0.25, 0.3) is 0 Å². The average molecular weight is 371 g/mol. The maximum Gasteiger partial charge on any atom is 0.244 e. The van der Waals surface area contributed by atoms with Crippen LogP contribution in [0.15, 0.2) is 24.3 Å². The van der Waals surface area contributed by atoms with Gasteiger partial charge in [0.25, 0.3) is 0 Å². The molecule has 6 nitrogen and oxygen atoms in total. The van der Waals surface area contributed by atoms with Gasteiger partial charge in [-0.1, -0.05) is 19.1 Å². The summed E-state index contributed by atoms with van der Waals surface area (Å²) in [7, 11) is -1.80. The summed E-state index contributed by atoms with van der Waals surface area (Å²) >= 11 is 0. The number of benzene rings is 1. The van der Waals surface area contributed by atoms with Crippen LogP contribution in [0.2, 0.25) is 0 Å². The van der Waals surface area contributed by atoms with Crippen LogP contribution < -0.4 is 9.62 Å². The SMILES string of the molecule is CCC(C(=O)NC1CCN(C)CC1)N(c1ccccc1F)S(C)(=O)=O. The second-order valence-corrected chi connectivity index (χ2v) is 8.38. The standard InChI is InChI=1S/C17H26FN3O3S/c1-4-15(17(22)19-13-9-11-20(2)12-10-13)21(25(3,23)24)16-8-6-5-7-14(16)18/h5-8,13,15H,4,9-12H2,1-3H3,(H,19,22). The van der Waals surface area contributed by atoms with Crippen molar-refractivity contribution in [1.29, 1.82) is 0 Å². The molecule has 140 valence electrons. The molecule has 0 aliphatic carbocycles. The third-order valence-corrected chi connectivity index (χ3v) is 5.65. The minimum atomic E-state index is -3.82. The number of nitrogens with one attached hydrogen (secondary N) is 1. The van der Waals surface area contributed by atoms with E-state index in [0.29, 0.717) is 0 Å². The molecule has 2 rings (SSSR count). The monoisotopic (exact) mass is 371 g/mol. The molecule has 0 aromatic heterocycles. The van der Waals surface area contributed by atoms with Crippen LogP contribution >= 0.6 is 0 Å². The lowest BCUT2D eigenvalue weighted by atomic mass is 10.0. The van der Waals surface area contributed by atoms with Crippen molar-refractivity contribution in [2.45, 2.75) is 38.3 Å². The molecule has 0 spiro atoms. The van der Waals surface area contributed by atoms with E-state index in [1.165, 1.54) is 18.2 Å². The lowest BCUT2D eigenvalue weighted by Crippen LogP contribution is -2.53. The van der Waals surface area contributed by atoms with Gasteiger partial charge in [-0.2, -0.15) is 0 Å². The van der Waals surface area contributed by atoms with E-state index in [4.69, 9.17) is 0 Å². The van der Waals surface area contributed by atoms with E-state index in [9.17, 15) is 17.6 Å². The van der Waals surface area contributed by atoms with E-state index in [1.54, 1.807) is 13.0 Å². The zero-order valence-corrected chi connectivity index (χ0v) is 15.7. The highest BCUT2D eigenvalue weighted by atomic mass is 32.2. The third kappa shape index (κ3) is 4.92. The van der Waals surface area contributed by atoms with E-state index in [1.807, 2.05) is 7.05 Å². The minimum Gasteiger partial charge on any atom is -0.351 e. The van der Waals surface area contributed by atoms with Crippen molar-refractivity contribution >= 4 is 21.6 Å². The maximum atomic E-state index is 14.2. The van der Waals surface area contributed by atoms with Gasteiger partial charge in [-0.05, 0) is 51.5 Å². The van der Waals surface area contributed by atoms with Gasteiger partial charge in [0.2, 0.25) is 15.9 Å². The summed E-state index contributed by atoms with van der Waals surface area (Å²) in [4.78, 5) is 14.9. The number of likely N-dealkylation sites (tertiary alicyclic amines) is 1. The number of carbonyl (C=O) groups excluding carboxylic acids is 1. The Labute approximate surface area is 149 Å². The second kappa shape index (κ2) is 8.14. The summed E-state index contributed by atoms with van der Waals surface area (Å²) in [5.74, 6) is -1.05. The first-order valence-corrected chi connectivity index (χ1v) is 10.3. The van der Waals surface area contributed by atoms with Crippen molar-refractivity contribution < 1.29 is 17.6 Å². The number of carbonyl (C=O) groups is 1. The van der Waals surface area contributed by atoms with Crippen molar-refractivity contribution in [3.05, 3.63) is 30.1 Å². The Morgan fingerprint density at radius 1 is 1.36 bits per heavy atom. The van der Waals surface area contributed by atoms with Gasteiger partial charge in [0.1, 0.15) is 11.9 Å². The van der Waals surface area contributed by atoms with Gasteiger partial charge in [-0.3, -0.25) is 9.10 Å². The normalized spacial score (nSPS) is 17.9. The maximum absolute atomic E-state index is 14.2. The Bertz CT molecular complexity index is 703. The fourth-order valence-corrected chi connectivity index (χ4v) is 4.33. The Morgan fingerprint density at radius 2 is 1.96 bits per heavy atom. The largest absolute Gasteiger partial charge is 0.351 e. The third-order valence-electron chi connectivity index (χ3n) is 4.48. The summed E-state index contributed by atoms with van der Waals surface area (Å²) in [5.41, 5.74) is -0.102. The topological polar surface area (TPSA) is 69.7 Å². The Hall–Kier alpha value is -1.67. The molecule has 0 bridgehead atoms. The van der Waals surface area contributed by atoms with E-state index >= 15 is 0 Å². The van der Waals surface area contributed by atoms with Crippen molar-refractivity contribution in [3.8, 4) is 0 Å². The zero-order chi connectivity index (χ0) is 18.6. The Kier molecular flexibility index (Phi) is 6.40. The molecule has 1 amide bonds. The first-order valence-electron chi connectivity index (χ1n) is 8.47. The molecule has 1 unspecified atom stereocenters. The summed E-state index contributed by atoms with van der Waals surface area (Å²) in [5, 5.41) is 2.94. The number of para-hydroxylation sites is 1. The van der Waals surface area contributed by atoms with Gasteiger partial charge in [-0.15, -0.1) is 0 Å². The van der Waals surface area contributed by atoms with Crippen molar-refractivity contribution in [2.24, 2.45) is 0 Å². The number of amides is 1. The van der Waals surface area contributed by atoms with E-state index in [2.05, 4.69) is 10.2 Å². The first-order chi connectivity index (χ1) is 11.7. The first kappa shape index (κ1) is 19.7. The molecule has 1 N–H and O–H groups in total. The highest BCUT2D eigenvalue weighted by molar-refractivity contribution is 7.92. The van der Waals surface area contributed by atoms with Crippen LogP contribution in [-0.4, -0.2) is 57.7 Å². The molecule has 0 saturated carbocycles. The number of halogens is 1. The van der Waals surface area contributed by atoms with Crippen LogP contribution in [0.5, 0.6) is 0 Å². The van der Waals surface area contributed by atoms with Crippen molar-refractivity contribution in [2.75, 3.05) is 30.7 Å². The highest BCUT2D eigenvalue weighted by Gasteiger charge is 2.34. The van der Waals surface area contributed by atoms with E-state index in [-0.39, 0.29) is 24.1 Å². The molecule has 0 radical (unpaired) electrons. The fourth-order valence-electron chi connectivity index (χ4n) is 3.12. The van der Waals surface area contributed by atoms with Crippen molar-refractivity contribution in [3.63, 3.8) is 0 Å². The van der Waals surface area contributed by atoms with Crippen molar-refractivity contribution in [1.82, 2.24) is 10.2 Å². The molecule has 1 aromatic carbocycles. The number of sulfonamides is 1. The Balaban J connectivity index is 2.25. The Morgan fingerprint density at radius 3 is 2.48 bits per heavy atom. The summed E-state index contributed by atoms with van der Waals surface area (Å²) in [6, 6.07) is 4.64. The van der Waals surface area contributed by atoms with Gasteiger partial charge < -0.3 is 10.2 Å². The molecule has 1 aliphatic heterocycles. The molecule has 1 aliphatic rings. The predicted octanol–water partition coefficient (Wildman–Crippen LogP) is 1.58. The van der Waals surface area contributed by atoms with Gasteiger partial charge >= 0.3 is 0 Å². The van der Waals surface area contributed by atoms with E-state index < -0.39 is 21.9 Å². The van der Waals surface area contributed by atoms with E-state index in [0.717, 1.165) is 36.5 Å². The number of nitrogens with zero attached hydrogens (tertiary/aromatic N) is 2. The van der Waals surface area contributed by atoms with Gasteiger partial charge in [0.15, 0.2) is 0 Å². The summed E-state index contributed by atoms with van der Waals surface area (Å²) in [6.45, 7) is 3.48. The van der Waals surface area contributed by atoms with Gasteiger partial charge in [0, 0.05) is 6.04 Å². The molecule has 8 heteroatoms. The lowest BCUT2D eigenvalue weighted by Gasteiger charge is -2.34. The minimum absolute atomic E-state index is 0.0137. The summed E-state index contributed by atoms with van der Waals surface area (Å²) in [6.07, 6.45) is 2.87. The van der Waals surface area contributed by atoms with Gasteiger partial charge in [0.05, 0.1) is 11.9 Å². The number of hydrogen-bond donors (Lipinski definition) is 1. The van der Waals surface area contributed by atoms with Crippen LogP contribution in [0, 0.1) is 5.82 Å². The molecule has 1 aromatic rings. The smallest absolute Gasteiger partial charge is 0.244 e. The number of piperidine rings is 1. The molecule has 1 heterocycles. The number of rotatable bonds is 6. The molecule has 1 saturated heterocycles. The van der Waals surface area contributed by atoms with Crippen LogP contribution in [-0.2, 0) is 14.8 Å². The quantitative estimate of drug-likeness (QED) is 0.824. The molecule has 1 fully saturated rings. The summed E-state index contributed by atoms with van der Waals surface area (Å²) < 4.78 is 39.7. The zero-order valence-electron chi connectivity index (χ0n) is 14.9. The number of hydrogen-bond acceptors (Lipinski definition) is 4. The highest BCUT2D eigenvalue weighted by Crippen LogP contribution is 2.25. The molecule has 1 atom stereocenters. The van der Waals surface area contributed by atoms with Gasteiger partial charge in [-0.25, -0.2) is 12.8 Å². The average Bonchev–Trinajstić information content (AvgIpc) is 2.54. The van der Waals surface area contributed by atoms with Crippen LogP contribution in [0.1, 0.15) is 26.2 Å². The molecular formula is C17H26FN3O3S. The lowest BCUT2D eigenvalue weighted by molar-refractivity contribution is -0.123. The number of anilines is 1. The predicted molar refractivity (Wildman–Crippen MR) is 96.5 cm³/mol. The fraction of sp³-hybridized carbons (Fsp3) is 0.588. The molecular weight excluding hydrogens is 345 g/mol. The van der Waals surface area contributed by atoms with Crippen LogP contribution in [0.3, 0.4) is 0 Å².